The molecule has 0 radical (unpaired) electrons. The van der Waals surface area contributed by atoms with Crippen molar-refractivity contribution in [2.75, 3.05) is 5.32 Å². The zero-order chi connectivity index (χ0) is 33.0. The summed E-state index contributed by atoms with van der Waals surface area (Å²) in [6.07, 6.45) is 0. The summed E-state index contributed by atoms with van der Waals surface area (Å²) < 4.78 is 2.48. The predicted molar refractivity (Wildman–Crippen MR) is 207 cm³/mol. The van der Waals surface area contributed by atoms with Gasteiger partial charge in [-0.1, -0.05) is 141 Å². The van der Waals surface area contributed by atoms with Gasteiger partial charge in [-0.3, -0.25) is 0 Å². The monoisotopic (exact) mass is 628 g/mol. The molecule has 0 saturated heterocycles. The molecule has 0 unspecified atom stereocenters. The van der Waals surface area contributed by atoms with Crippen LogP contribution in [0, 0.1) is 0 Å². The van der Waals surface area contributed by atoms with Gasteiger partial charge in [-0.25, -0.2) is 0 Å². The fourth-order valence-corrected chi connectivity index (χ4v) is 7.72. The second-order valence-corrected chi connectivity index (χ2v) is 13.5. The molecule has 0 amide bonds. The molecule has 1 aliphatic carbocycles. The van der Waals surface area contributed by atoms with E-state index < -0.39 is 0 Å². The molecule has 234 valence electrons. The van der Waals surface area contributed by atoms with Crippen LogP contribution in [0.5, 0.6) is 0 Å². The Morgan fingerprint density at radius 1 is 0.449 bits per heavy atom. The predicted octanol–water partition coefficient (Wildman–Crippen LogP) is 12.7. The zero-order valence-corrected chi connectivity index (χ0v) is 27.7. The average Bonchev–Trinajstić information content (AvgIpc) is 3.63. The number of hydrogen-bond acceptors (Lipinski definition) is 1. The Labute approximate surface area is 288 Å². The minimum absolute atomic E-state index is 0.122. The zero-order valence-electron chi connectivity index (χ0n) is 27.7. The van der Waals surface area contributed by atoms with E-state index in [0.29, 0.717) is 0 Å². The summed E-state index contributed by atoms with van der Waals surface area (Å²) >= 11 is 0. The third-order valence-electron chi connectivity index (χ3n) is 10.2. The van der Waals surface area contributed by atoms with Crippen LogP contribution in [0.15, 0.2) is 176 Å². The van der Waals surface area contributed by atoms with E-state index in [1.54, 1.807) is 0 Å². The molecule has 1 N–H and O–H groups in total. The highest BCUT2D eigenvalue weighted by molar-refractivity contribution is 6.00. The Balaban J connectivity index is 1.08. The molecular formula is C47H36N2. The lowest BCUT2D eigenvalue weighted by atomic mass is 9.81. The number of hydrogen-bond donors (Lipinski definition) is 1. The van der Waals surface area contributed by atoms with E-state index in [1.807, 2.05) is 18.2 Å². The van der Waals surface area contributed by atoms with Crippen molar-refractivity contribution in [3.63, 3.8) is 0 Å². The summed E-state index contributed by atoms with van der Waals surface area (Å²) in [6, 6.07) is 63.5. The molecule has 9 rings (SSSR count). The van der Waals surface area contributed by atoms with Crippen molar-refractivity contribution in [3.8, 4) is 50.3 Å². The minimum atomic E-state index is -0.122. The molecule has 7 aromatic carbocycles. The number of fused-ring (bicyclic) bond motifs is 5. The summed E-state index contributed by atoms with van der Waals surface area (Å²) in [5.41, 5.74) is 17.2. The Morgan fingerprint density at radius 3 is 1.61 bits per heavy atom. The maximum Gasteiger partial charge on any atom is 0.0585 e. The Bertz CT molecular complexity index is 2430. The van der Waals surface area contributed by atoms with Gasteiger partial charge in [0.1, 0.15) is 0 Å². The molecule has 0 bridgehead atoms. The van der Waals surface area contributed by atoms with Crippen molar-refractivity contribution in [1.29, 1.82) is 0 Å². The molecule has 0 fully saturated rings. The summed E-state index contributed by atoms with van der Waals surface area (Å²) in [5, 5.41) is 4.80. The van der Waals surface area contributed by atoms with Gasteiger partial charge >= 0.3 is 0 Å². The van der Waals surface area contributed by atoms with Gasteiger partial charge in [0.05, 0.1) is 11.2 Å². The number of rotatable bonds is 6. The van der Waals surface area contributed by atoms with E-state index in [0.717, 1.165) is 11.4 Å². The van der Waals surface area contributed by atoms with Crippen LogP contribution in [0.4, 0.5) is 11.4 Å². The largest absolute Gasteiger partial charge is 0.356 e. The maximum atomic E-state index is 3.48. The second kappa shape index (κ2) is 11.5. The number of para-hydroxylation sites is 2. The molecular weight excluding hydrogens is 593 g/mol. The van der Waals surface area contributed by atoms with Crippen molar-refractivity contribution in [3.05, 3.63) is 187 Å². The standard InChI is InChI=1S/C47H36N2/c1-47(2)43-30-25-37(36-19-17-33(18-20-36)34-21-26-39(27-22-34)48-38-13-7-4-8-14-38)31-42(43)46-45(47)41-15-9-10-16-44(41)49(46)40-28-23-35(24-29-40)32-11-5-3-6-12-32/h3-31,48H,1-2H3. The topological polar surface area (TPSA) is 17.0 Å². The smallest absolute Gasteiger partial charge is 0.0585 e. The fraction of sp³-hybridized carbons (Fsp3) is 0.0638. The van der Waals surface area contributed by atoms with Crippen LogP contribution in [-0.2, 0) is 5.41 Å². The molecule has 2 nitrogen and oxygen atoms in total. The number of benzene rings is 7. The first-order valence-electron chi connectivity index (χ1n) is 17.0. The molecule has 0 atom stereocenters. The molecule has 0 aliphatic heterocycles. The van der Waals surface area contributed by atoms with Crippen LogP contribution in [0.1, 0.15) is 25.0 Å². The van der Waals surface area contributed by atoms with E-state index in [1.165, 1.54) is 72.4 Å². The summed E-state index contributed by atoms with van der Waals surface area (Å²) in [7, 11) is 0. The van der Waals surface area contributed by atoms with Crippen molar-refractivity contribution < 1.29 is 0 Å². The molecule has 1 aliphatic rings. The lowest BCUT2D eigenvalue weighted by molar-refractivity contribution is 0.666. The van der Waals surface area contributed by atoms with Crippen molar-refractivity contribution >= 4 is 22.3 Å². The third kappa shape index (κ3) is 4.96. The first-order chi connectivity index (χ1) is 24.0. The van der Waals surface area contributed by atoms with Crippen LogP contribution >= 0.6 is 0 Å². The Morgan fingerprint density at radius 2 is 0.939 bits per heavy atom. The molecule has 0 spiro atoms. The van der Waals surface area contributed by atoms with E-state index in [9.17, 15) is 0 Å². The van der Waals surface area contributed by atoms with Crippen molar-refractivity contribution in [2.45, 2.75) is 19.3 Å². The molecule has 1 aromatic heterocycles. The minimum Gasteiger partial charge on any atom is -0.356 e. The van der Waals surface area contributed by atoms with Gasteiger partial charge in [-0.15, -0.1) is 0 Å². The molecule has 8 aromatic rings. The van der Waals surface area contributed by atoms with Crippen molar-refractivity contribution in [1.82, 2.24) is 4.57 Å². The van der Waals surface area contributed by atoms with E-state index >= 15 is 0 Å². The lowest BCUT2D eigenvalue weighted by Gasteiger charge is -2.21. The van der Waals surface area contributed by atoms with Gasteiger partial charge in [0, 0.05) is 33.4 Å². The summed E-state index contributed by atoms with van der Waals surface area (Å²) in [6.45, 7) is 4.75. The van der Waals surface area contributed by atoms with Gasteiger partial charge in [0.2, 0.25) is 0 Å². The highest BCUT2D eigenvalue weighted by Crippen LogP contribution is 2.54. The maximum absolute atomic E-state index is 3.48. The van der Waals surface area contributed by atoms with Gasteiger partial charge in [0.15, 0.2) is 0 Å². The second-order valence-electron chi connectivity index (χ2n) is 13.5. The Hall–Kier alpha value is -6.12. The van der Waals surface area contributed by atoms with E-state index in [2.05, 4.69) is 181 Å². The third-order valence-corrected chi connectivity index (χ3v) is 10.2. The number of nitrogens with zero attached hydrogens (tertiary/aromatic N) is 1. The van der Waals surface area contributed by atoms with Gasteiger partial charge in [0.25, 0.3) is 0 Å². The van der Waals surface area contributed by atoms with Crippen LogP contribution in [-0.4, -0.2) is 4.57 Å². The number of aromatic nitrogens is 1. The van der Waals surface area contributed by atoms with Crippen LogP contribution in [0.25, 0.3) is 61.2 Å². The highest BCUT2D eigenvalue weighted by Gasteiger charge is 2.40. The van der Waals surface area contributed by atoms with Crippen LogP contribution in [0.2, 0.25) is 0 Å². The lowest BCUT2D eigenvalue weighted by Crippen LogP contribution is -2.14. The Kier molecular flexibility index (Phi) is 6.84. The molecule has 1 heterocycles. The summed E-state index contributed by atoms with van der Waals surface area (Å²) in [4.78, 5) is 0. The first kappa shape index (κ1) is 29.1. The van der Waals surface area contributed by atoms with Gasteiger partial charge in [-0.2, -0.15) is 0 Å². The van der Waals surface area contributed by atoms with Gasteiger partial charge < -0.3 is 9.88 Å². The molecule has 49 heavy (non-hydrogen) atoms. The number of anilines is 2. The summed E-state index contributed by atoms with van der Waals surface area (Å²) in [5.74, 6) is 0. The van der Waals surface area contributed by atoms with Crippen LogP contribution < -0.4 is 5.32 Å². The van der Waals surface area contributed by atoms with Crippen LogP contribution in [0.3, 0.4) is 0 Å². The number of nitrogens with one attached hydrogen (secondary N) is 1. The fourth-order valence-electron chi connectivity index (χ4n) is 7.72. The SMILES string of the molecule is CC1(C)c2ccc(-c3ccc(-c4ccc(Nc5ccccc5)cc4)cc3)cc2-c2c1c1ccccc1n2-c1ccc(-c2ccccc2)cc1. The molecule has 2 heteroatoms. The molecule has 0 saturated carbocycles. The van der Waals surface area contributed by atoms with Crippen molar-refractivity contribution in [2.24, 2.45) is 0 Å². The van der Waals surface area contributed by atoms with E-state index in [4.69, 9.17) is 0 Å². The highest BCUT2D eigenvalue weighted by atomic mass is 15.0. The normalized spacial score (nSPS) is 12.9. The quantitative estimate of drug-likeness (QED) is 0.194. The van der Waals surface area contributed by atoms with E-state index in [-0.39, 0.29) is 5.41 Å². The van der Waals surface area contributed by atoms with Gasteiger partial charge in [-0.05, 0) is 93.0 Å². The first-order valence-corrected chi connectivity index (χ1v) is 17.0. The average molecular weight is 629 g/mol.